The average molecular weight is 632 g/mol. The molecule has 147 valence electrons. The van der Waals surface area contributed by atoms with Gasteiger partial charge in [0.05, 0.1) is 0 Å². The Morgan fingerprint density at radius 1 is 1.19 bits per heavy atom. The van der Waals surface area contributed by atoms with Crippen molar-refractivity contribution in [3.63, 3.8) is 0 Å². The average Bonchev–Trinajstić information content (AvgIpc) is 3.14. The van der Waals surface area contributed by atoms with Gasteiger partial charge in [-0.3, -0.25) is 0 Å². The SMILES string of the molecule is CCCC1=C(C)C2=C(CCC[C](=[Ge]([CH3])[CH3])C2(C)C)[C]1(C1=CC=CC1)[Hf]([Cl])[Cl]. The van der Waals surface area contributed by atoms with Crippen LogP contribution < -0.4 is 0 Å². The van der Waals surface area contributed by atoms with E-state index in [9.17, 15) is 0 Å². The molecule has 0 aromatic carbocycles. The second kappa shape index (κ2) is 8.52. The van der Waals surface area contributed by atoms with Crippen LogP contribution in [0.15, 0.2) is 46.1 Å². The minimum atomic E-state index is -2.89. The topological polar surface area (TPSA) is 0 Å². The molecule has 3 aliphatic carbocycles. The third-order valence-corrected chi connectivity index (χ3v) is 21.3. The zero-order chi connectivity index (χ0) is 20.0. The van der Waals surface area contributed by atoms with Crippen molar-refractivity contribution >= 4 is 35.4 Å². The number of hydrogen-bond donors (Lipinski definition) is 0. The summed E-state index contributed by atoms with van der Waals surface area (Å²) in [6.45, 7) is 9.69. The molecule has 0 fully saturated rings. The molecule has 0 aromatic heterocycles. The van der Waals surface area contributed by atoms with Crippen LogP contribution in [0, 0.1) is 5.41 Å². The van der Waals surface area contributed by atoms with E-state index >= 15 is 0 Å². The summed E-state index contributed by atoms with van der Waals surface area (Å²) in [6.07, 6.45) is 13.9. The van der Waals surface area contributed by atoms with Gasteiger partial charge in [0.15, 0.2) is 0 Å². The predicted molar refractivity (Wildman–Crippen MR) is 121 cm³/mol. The summed E-state index contributed by atoms with van der Waals surface area (Å²) in [6, 6.07) is 0. The molecule has 3 aliphatic rings. The number of rotatable bonds is 4. The Morgan fingerprint density at radius 3 is 2.41 bits per heavy atom. The van der Waals surface area contributed by atoms with Crippen LogP contribution in [0.1, 0.15) is 66.2 Å². The van der Waals surface area contributed by atoms with Crippen molar-refractivity contribution in [3.8, 4) is 0 Å². The van der Waals surface area contributed by atoms with Crippen LogP contribution in [0.4, 0.5) is 0 Å². The van der Waals surface area contributed by atoms with Gasteiger partial charge in [0.25, 0.3) is 0 Å². The molecule has 0 saturated heterocycles. The Kier molecular flexibility index (Phi) is 7.10. The van der Waals surface area contributed by atoms with Gasteiger partial charge in [0.1, 0.15) is 0 Å². The van der Waals surface area contributed by atoms with Gasteiger partial charge in [0, 0.05) is 0 Å². The first-order valence-corrected chi connectivity index (χ1v) is 26.3. The molecule has 4 heteroatoms. The minimum absolute atomic E-state index is 0.0684. The zero-order valence-corrected chi connectivity index (χ0v) is 24.9. The second-order valence-electron chi connectivity index (χ2n) is 9.00. The Balaban J connectivity index is 2.35. The van der Waals surface area contributed by atoms with Gasteiger partial charge in [-0.15, -0.1) is 0 Å². The van der Waals surface area contributed by atoms with Gasteiger partial charge in [-0.1, -0.05) is 0 Å². The van der Waals surface area contributed by atoms with Gasteiger partial charge in [0.2, 0.25) is 0 Å². The maximum atomic E-state index is 7.13. The molecule has 0 aromatic rings. The normalized spacial score (nSPS) is 27.1. The summed E-state index contributed by atoms with van der Waals surface area (Å²) in [7, 11) is 14.3. The second-order valence-corrected chi connectivity index (χ2v) is 26.8. The fraction of sp³-hybridized carbons (Fsp3) is 0.609. The van der Waals surface area contributed by atoms with Crippen molar-refractivity contribution in [1.29, 1.82) is 0 Å². The van der Waals surface area contributed by atoms with E-state index in [4.69, 9.17) is 17.2 Å². The summed E-state index contributed by atoms with van der Waals surface area (Å²) >= 11 is -4.01. The van der Waals surface area contributed by atoms with E-state index < -0.39 is 33.0 Å². The molecular weight excluding hydrogens is 598 g/mol. The van der Waals surface area contributed by atoms with Crippen molar-refractivity contribution in [1.82, 2.24) is 0 Å². The van der Waals surface area contributed by atoms with Crippen molar-refractivity contribution in [2.24, 2.45) is 5.41 Å². The molecular formula is C23H33Cl2GeHf. The molecule has 3 rings (SSSR count). The van der Waals surface area contributed by atoms with Crippen LogP contribution in [0.5, 0.6) is 0 Å². The van der Waals surface area contributed by atoms with E-state index in [0.717, 1.165) is 12.8 Å². The fourth-order valence-electron chi connectivity index (χ4n) is 6.05. The van der Waals surface area contributed by atoms with Gasteiger partial charge < -0.3 is 0 Å². The molecule has 0 amide bonds. The van der Waals surface area contributed by atoms with Crippen LogP contribution in [0.25, 0.3) is 0 Å². The monoisotopic (exact) mass is 633 g/mol. The van der Waals surface area contributed by atoms with Gasteiger partial charge >= 0.3 is 187 Å². The molecule has 0 nitrogen and oxygen atoms in total. The fourth-order valence-corrected chi connectivity index (χ4v) is 21.3. The molecule has 0 saturated carbocycles. The summed E-state index contributed by atoms with van der Waals surface area (Å²) in [5, 5.41) is 0. The third-order valence-electron chi connectivity index (χ3n) is 6.91. The van der Waals surface area contributed by atoms with E-state index in [1.54, 1.807) is 22.3 Å². The number of allylic oxidation sites excluding steroid dienone is 8. The maximum absolute atomic E-state index is 7.13. The van der Waals surface area contributed by atoms with E-state index in [-0.39, 0.29) is 8.59 Å². The summed E-state index contributed by atoms with van der Waals surface area (Å²) in [5.41, 5.74) is 8.12. The Morgan fingerprint density at radius 2 is 1.89 bits per heavy atom. The first kappa shape index (κ1) is 22.5. The first-order chi connectivity index (χ1) is 12.7. The summed E-state index contributed by atoms with van der Waals surface area (Å²) in [4.78, 5) is 0. The van der Waals surface area contributed by atoms with E-state index in [0.29, 0.717) is 0 Å². The predicted octanol–water partition coefficient (Wildman–Crippen LogP) is 8.10. The Hall–Kier alpha value is 0.823. The molecule has 1 unspecified atom stereocenters. The molecule has 0 radical (unpaired) electrons. The summed E-state index contributed by atoms with van der Waals surface area (Å²) < 4.78 is 1.80. The molecule has 27 heavy (non-hydrogen) atoms. The van der Waals surface area contributed by atoms with Crippen molar-refractivity contribution in [2.45, 2.75) is 80.9 Å². The number of halogens is 2. The van der Waals surface area contributed by atoms with Crippen LogP contribution in [-0.4, -0.2) is 18.3 Å². The van der Waals surface area contributed by atoms with Gasteiger partial charge in [-0.25, -0.2) is 0 Å². The van der Waals surface area contributed by atoms with Crippen LogP contribution >= 0.6 is 17.2 Å². The van der Waals surface area contributed by atoms with Crippen LogP contribution in [0.2, 0.25) is 14.7 Å². The van der Waals surface area contributed by atoms with E-state index in [1.165, 1.54) is 31.3 Å². The van der Waals surface area contributed by atoms with Crippen LogP contribution in [-0.2, 0) is 19.1 Å². The van der Waals surface area contributed by atoms with E-state index in [2.05, 4.69) is 57.4 Å². The molecule has 1 atom stereocenters. The Bertz CT molecular complexity index is 791. The molecule has 0 N–H and O–H groups in total. The first-order valence-electron chi connectivity index (χ1n) is 10.4. The zero-order valence-electron chi connectivity index (χ0n) is 17.7. The molecule has 0 bridgehead atoms. The van der Waals surface area contributed by atoms with Crippen molar-refractivity contribution in [3.05, 3.63) is 46.1 Å². The van der Waals surface area contributed by atoms with E-state index in [1.807, 2.05) is 4.35 Å². The molecule has 0 heterocycles. The number of hydrogen-bond acceptors (Lipinski definition) is 0. The van der Waals surface area contributed by atoms with Crippen molar-refractivity contribution < 1.29 is 19.1 Å². The van der Waals surface area contributed by atoms with Gasteiger partial charge in [-0.2, -0.15) is 0 Å². The van der Waals surface area contributed by atoms with Gasteiger partial charge in [-0.05, 0) is 0 Å². The standard InChI is InChI=1S/C23H33Ge.2ClH.Hf/c1-7-11-18-16(2)22-19(21(18)17-12-8-9-13-17)14-10-15-20(24(5)6)23(22,3)4;;;/h8-9,12H,7,10-11,13-15H2,1-6H3;2*1H;/q;;;+2/p-2. The van der Waals surface area contributed by atoms with Crippen LogP contribution in [0.3, 0.4) is 0 Å². The van der Waals surface area contributed by atoms with Crippen molar-refractivity contribution in [2.75, 3.05) is 0 Å². The Labute approximate surface area is 185 Å². The molecule has 0 spiro atoms. The third kappa shape index (κ3) is 3.49. The molecule has 0 aliphatic heterocycles. The summed E-state index contributed by atoms with van der Waals surface area (Å²) in [5.74, 6) is 5.07. The quantitative estimate of drug-likeness (QED) is 0.275.